The maximum Gasteiger partial charge on any atom is 0.140 e. The van der Waals surface area contributed by atoms with Crippen LogP contribution in [-0.2, 0) is 0 Å². The van der Waals surface area contributed by atoms with E-state index in [0.29, 0.717) is 5.92 Å². The van der Waals surface area contributed by atoms with E-state index in [1.165, 1.54) is 11.1 Å². The Kier molecular flexibility index (Phi) is 3.20. The first-order chi connectivity index (χ1) is 7.83. The molecule has 0 saturated carbocycles. The Morgan fingerprint density at radius 1 is 1.12 bits per heavy atom. The molecular formula is C14H15NO. The van der Waals surface area contributed by atoms with Gasteiger partial charge in [0.25, 0.3) is 0 Å². The van der Waals surface area contributed by atoms with E-state index in [2.05, 4.69) is 36.2 Å². The van der Waals surface area contributed by atoms with Crippen LogP contribution in [0.1, 0.15) is 24.0 Å². The standard InChI is InChI=1S/C14H15NO/c1-11(12-6-4-3-5-7-12)13-8-9-15-10-14(13)16-2/h3-11H,1-2H3/t11-/m0/s1. The van der Waals surface area contributed by atoms with Crippen molar-refractivity contribution in [2.45, 2.75) is 12.8 Å². The van der Waals surface area contributed by atoms with E-state index in [9.17, 15) is 0 Å². The van der Waals surface area contributed by atoms with E-state index in [4.69, 9.17) is 4.74 Å². The van der Waals surface area contributed by atoms with E-state index in [0.717, 1.165) is 5.75 Å². The lowest BCUT2D eigenvalue weighted by Gasteiger charge is -2.15. The lowest BCUT2D eigenvalue weighted by Crippen LogP contribution is -1.99. The van der Waals surface area contributed by atoms with Crippen molar-refractivity contribution in [2.24, 2.45) is 0 Å². The van der Waals surface area contributed by atoms with Crippen LogP contribution in [0, 0.1) is 0 Å². The smallest absolute Gasteiger partial charge is 0.140 e. The van der Waals surface area contributed by atoms with Crippen LogP contribution in [0.4, 0.5) is 0 Å². The number of rotatable bonds is 3. The zero-order chi connectivity index (χ0) is 11.4. The average molecular weight is 213 g/mol. The summed E-state index contributed by atoms with van der Waals surface area (Å²) >= 11 is 0. The number of hydrogen-bond acceptors (Lipinski definition) is 2. The summed E-state index contributed by atoms with van der Waals surface area (Å²) in [5, 5.41) is 0. The second kappa shape index (κ2) is 4.79. The summed E-state index contributed by atoms with van der Waals surface area (Å²) in [5.74, 6) is 1.16. The number of ether oxygens (including phenoxy) is 1. The Balaban J connectivity index is 2.37. The Bertz CT molecular complexity index is 453. The number of aromatic nitrogens is 1. The van der Waals surface area contributed by atoms with Gasteiger partial charge in [0.15, 0.2) is 0 Å². The van der Waals surface area contributed by atoms with Crippen LogP contribution in [-0.4, -0.2) is 12.1 Å². The molecule has 0 amide bonds. The van der Waals surface area contributed by atoms with Gasteiger partial charge in [0, 0.05) is 17.7 Å². The molecule has 1 heterocycles. The van der Waals surface area contributed by atoms with Crippen LogP contribution < -0.4 is 4.74 Å². The number of hydrogen-bond donors (Lipinski definition) is 0. The zero-order valence-electron chi connectivity index (χ0n) is 9.55. The Morgan fingerprint density at radius 2 is 1.88 bits per heavy atom. The summed E-state index contributed by atoms with van der Waals surface area (Å²) in [7, 11) is 1.68. The van der Waals surface area contributed by atoms with Crippen LogP contribution in [0.5, 0.6) is 5.75 Å². The molecule has 1 aromatic heterocycles. The van der Waals surface area contributed by atoms with E-state index < -0.39 is 0 Å². The van der Waals surface area contributed by atoms with E-state index >= 15 is 0 Å². The van der Waals surface area contributed by atoms with Gasteiger partial charge < -0.3 is 4.74 Å². The lowest BCUT2D eigenvalue weighted by molar-refractivity contribution is 0.406. The first kappa shape index (κ1) is 10.7. The predicted octanol–water partition coefficient (Wildman–Crippen LogP) is 3.24. The third kappa shape index (κ3) is 2.06. The van der Waals surface area contributed by atoms with Crippen molar-refractivity contribution >= 4 is 0 Å². The number of methoxy groups -OCH3 is 1. The van der Waals surface area contributed by atoms with Crippen molar-refractivity contribution in [1.29, 1.82) is 0 Å². The molecule has 0 saturated heterocycles. The van der Waals surface area contributed by atoms with Gasteiger partial charge in [0.2, 0.25) is 0 Å². The second-order valence-corrected chi connectivity index (χ2v) is 3.75. The molecule has 2 aromatic rings. The van der Waals surface area contributed by atoms with Crippen molar-refractivity contribution in [2.75, 3.05) is 7.11 Å². The zero-order valence-corrected chi connectivity index (χ0v) is 9.55. The second-order valence-electron chi connectivity index (χ2n) is 3.75. The Morgan fingerprint density at radius 3 is 2.56 bits per heavy atom. The average Bonchev–Trinajstić information content (AvgIpc) is 2.39. The SMILES string of the molecule is COc1cnccc1[C@@H](C)c1ccccc1. The molecular weight excluding hydrogens is 198 g/mol. The summed E-state index contributed by atoms with van der Waals surface area (Å²) in [6.07, 6.45) is 3.56. The van der Waals surface area contributed by atoms with Gasteiger partial charge >= 0.3 is 0 Å². The topological polar surface area (TPSA) is 22.1 Å². The summed E-state index contributed by atoms with van der Waals surface area (Å²) in [6.45, 7) is 2.17. The molecule has 2 rings (SSSR count). The molecule has 0 N–H and O–H groups in total. The molecule has 0 fully saturated rings. The van der Waals surface area contributed by atoms with Crippen LogP contribution in [0.3, 0.4) is 0 Å². The van der Waals surface area contributed by atoms with Gasteiger partial charge in [-0.3, -0.25) is 4.98 Å². The Hall–Kier alpha value is -1.83. The van der Waals surface area contributed by atoms with Gasteiger partial charge in [-0.25, -0.2) is 0 Å². The molecule has 0 spiro atoms. The van der Waals surface area contributed by atoms with Crippen molar-refractivity contribution in [3.8, 4) is 5.75 Å². The molecule has 1 aromatic carbocycles. The monoisotopic (exact) mass is 213 g/mol. The number of nitrogens with zero attached hydrogens (tertiary/aromatic N) is 1. The highest BCUT2D eigenvalue weighted by molar-refractivity contribution is 5.39. The van der Waals surface area contributed by atoms with Gasteiger partial charge in [-0.1, -0.05) is 37.3 Å². The van der Waals surface area contributed by atoms with Gasteiger partial charge in [0.05, 0.1) is 13.3 Å². The van der Waals surface area contributed by atoms with Crippen molar-refractivity contribution in [1.82, 2.24) is 4.98 Å². The first-order valence-corrected chi connectivity index (χ1v) is 5.35. The molecule has 2 heteroatoms. The summed E-state index contributed by atoms with van der Waals surface area (Å²) in [5.41, 5.74) is 2.45. The third-order valence-electron chi connectivity index (χ3n) is 2.80. The van der Waals surface area contributed by atoms with Crippen molar-refractivity contribution in [3.63, 3.8) is 0 Å². The van der Waals surface area contributed by atoms with Gasteiger partial charge in [-0.05, 0) is 11.6 Å². The molecule has 0 unspecified atom stereocenters. The maximum absolute atomic E-state index is 5.33. The quantitative estimate of drug-likeness (QED) is 0.780. The highest BCUT2D eigenvalue weighted by atomic mass is 16.5. The minimum atomic E-state index is 0.319. The third-order valence-corrected chi connectivity index (χ3v) is 2.80. The van der Waals surface area contributed by atoms with Gasteiger partial charge in [-0.15, -0.1) is 0 Å². The largest absolute Gasteiger partial charge is 0.495 e. The highest BCUT2D eigenvalue weighted by Crippen LogP contribution is 2.30. The van der Waals surface area contributed by atoms with Gasteiger partial charge in [0.1, 0.15) is 5.75 Å². The summed E-state index contributed by atoms with van der Waals surface area (Å²) < 4.78 is 5.33. The number of benzene rings is 1. The molecule has 2 nitrogen and oxygen atoms in total. The lowest BCUT2D eigenvalue weighted by atomic mass is 9.93. The molecule has 1 atom stereocenters. The minimum Gasteiger partial charge on any atom is -0.495 e. The summed E-state index contributed by atoms with van der Waals surface area (Å²) in [6, 6.07) is 12.4. The molecule has 16 heavy (non-hydrogen) atoms. The maximum atomic E-state index is 5.33. The predicted molar refractivity (Wildman–Crippen MR) is 64.7 cm³/mol. The minimum absolute atomic E-state index is 0.319. The van der Waals surface area contributed by atoms with E-state index in [-0.39, 0.29) is 0 Å². The molecule has 0 aliphatic heterocycles. The first-order valence-electron chi connectivity index (χ1n) is 5.35. The van der Waals surface area contributed by atoms with Crippen LogP contribution in [0.15, 0.2) is 48.8 Å². The fourth-order valence-corrected chi connectivity index (χ4v) is 1.84. The van der Waals surface area contributed by atoms with Crippen LogP contribution in [0.2, 0.25) is 0 Å². The summed E-state index contributed by atoms with van der Waals surface area (Å²) in [4.78, 5) is 4.07. The van der Waals surface area contributed by atoms with Crippen LogP contribution >= 0.6 is 0 Å². The molecule has 0 aliphatic rings. The number of pyridine rings is 1. The van der Waals surface area contributed by atoms with Crippen LogP contribution in [0.25, 0.3) is 0 Å². The molecule has 82 valence electrons. The van der Waals surface area contributed by atoms with E-state index in [1.54, 1.807) is 19.5 Å². The highest BCUT2D eigenvalue weighted by Gasteiger charge is 2.12. The molecule has 0 aliphatic carbocycles. The van der Waals surface area contributed by atoms with Crippen molar-refractivity contribution < 1.29 is 4.74 Å². The van der Waals surface area contributed by atoms with Crippen molar-refractivity contribution in [3.05, 3.63) is 59.9 Å². The normalized spacial score (nSPS) is 12.1. The fourth-order valence-electron chi connectivity index (χ4n) is 1.84. The Labute approximate surface area is 95.9 Å². The van der Waals surface area contributed by atoms with E-state index in [1.807, 2.05) is 12.1 Å². The molecule has 0 bridgehead atoms. The van der Waals surface area contributed by atoms with Gasteiger partial charge in [-0.2, -0.15) is 0 Å². The molecule has 0 radical (unpaired) electrons. The fraction of sp³-hybridized carbons (Fsp3) is 0.214.